The summed E-state index contributed by atoms with van der Waals surface area (Å²) in [6, 6.07) is 13.7. The first-order valence-corrected chi connectivity index (χ1v) is 6.88. The standard InChI is InChI=1S/C11H8O.C6H14O2/c12-8-9-5-6-10-3-1-2-4-11(10)7-9;1-4-7-6(3)8-5-2/h1-8H;6H,4-5H2,1-3H3. The van der Waals surface area contributed by atoms with Gasteiger partial charge in [0.15, 0.2) is 6.29 Å². The van der Waals surface area contributed by atoms with Crippen LogP contribution in [0.4, 0.5) is 0 Å². The maximum Gasteiger partial charge on any atom is 0.154 e. The fourth-order valence-electron chi connectivity index (χ4n) is 1.80. The number of hydrogen-bond donors (Lipinski definition) is 0. The van der Waals surface area contributed by atoms with E-state index in [1.54, 1.807) is 0 Å². The molecule has 2 aromatic carbocycles. The number of fused-ring (bicyclic) bond motifs is 1. The largest absolute Gasteiger partial charge is 0.353 e. The summed E-state index contributed by atoms with van der Waals surface area (Å²) >= 11 is 0. The maximum atomic E-state index is 10.5. The SMILES string of the molecule is CCOC(C)OCC.O=Cc1ccc2ccccc2c1. The van der Waals surface area contributed by atoms with Crippen LogP contribution in [0.1, 0.15) is 31.1 Å². The van der Waals surface area contributed by atoms with Gasteiger partial charge < -0.3 is 9.47 Å². The summed E-state index contributed by atoms with van der Waals surface area (Å²) in [6.07, 6.45) is 0.830. The molecule has 0 amide bonds. The van der Waals surface area contributed by atoms with Gasteiger partial charge in [-0.25, -0.2) is 0 Å². The molecule has 0 aliphatic heterocycles. The van der Waals surface area contributed by atoms with Gasteiger partial charge in [0.2, 0.25) is 0 Å². The molecular weight excluding hydrogens is 252 g/mol. The van der Waals surface area contributed by atoms with E-state index >= 15 is 0 Å². The van der Waals surface area contributed by atoms with Gasteiger partial charge in [0, 0.05) is 18.8 Å². The van der Waals surface area contributed by atoms with Crippen LogP contribution in [0.5, 0.6) is 0 Å². The molecule has 0 heterocycles. The summed E-state index contributed by atoms with van der Waals surface area (Å²) in [4.78, 5) is 10.5. The first-order chi connectivity index (χ1) is 9.71. The molecule has 3 heteroatoms. The van der Waals surface area contributed by atoms with Crippen LogP contribution in [0.3, 0.4) is 0 Å². The fourth-order valence-corrected chi connectivity index (χ4v) is 1.80. The molecule has 0 aliphatic rings. The molecule has 0 fully saturated rings. The molecule has 0 saturated heterocycles. The van der Waals surface area contributed by atoms with Crippen LogP contribution in [-0.4, -0.2) is 25.8 Å². The summed E-state index contributed by atoms with van der Waals surface area (Å²) in [5, 5.41) is 2.28. The van der Waals surface area contributed by atoms with Crippen LogP contribution in [0.2, 0.25) is 0 Å². The van der Waals surface area contributed by atoms with Crippen LogP contribution >= 0.6 is 0 Å². The predicted octanol–water partition coefficient (Wildman–Crippen LogP) is 4.06. The van der Waals surface area contributed by atoms with Gasteiger partial charge >= 0.3 is 0 Å². The third-order valence-corrected chi connectivity index (χ3v) is 2.71. The van der Waals surface area contributed by atoms with Gasteiger partial charge in [0.05, 0.1) is 0 Å². The van der Waals surface area contributed by atoms with Crippen LogP contribution in [0.25, 0.3) is 10.8 Å². The molecule has 0 radical (unpaired) electrons. The zero-order valence-electron chi connectivity index (χ0n) is 12.3. The number of carbonyl (C=O) groups excluding carboxylic acids is 1. The van der Waals surface area contributed by atoms with E-state index < -0.39 is 0 Å². The molecular formula is C17H22O3. The molecule has 0 bridgehead atoms. The summed E-state index contributed by atoms with van der Waals surface area (Å²) in [5.41, 5.74) is 0.730. The highest BCUT2D eigenvalue weighted by molar-refractivity contribution is 5.88. The molecule has 0 atom stereocenters. The number of ether oxygens (including phenoxy) is 2. The first-order valence-electron chi connectivity index (χ1n) is 6.88. The average Bonchev–Trinajstić information content (AvgIpc) is 2.48. The van der Waals surface area contributed by atoms with Crippen LogP contribution < -0.4 is 0 Å². The molecule has 0 unspecified atom stereocenters. The van der Waals surface area contributed by atoms with Crippen molar-refractivity contribution in [3.8, 4) is 0 Å². The molecule has 0 aromatic heterocycles. The molecule has 2 aromatic rings. The van der Waals surface area contributed by atoms with E-state index in [0.29, 0.717) is 0 Å². The highest BCUT2D eigenvalue weighted by Gasteiger charge is 1.95. The van der Waals surface area contributed by atoms with E-state index in [-0.39, 0.29) is 6.29 Å². The molecule has 3 nitrogen and oxygen atoms in total. The zero-order valence-corrected chi connectivity index (χ0v) is 12.3. The number of benzene rings is 2. The van der Waals surface area contributed by atoms with Crippen LogP contribution in [0, 0.1) is 0 Å². The van der Waals surface area contributed by atoms with E-state index in [2.05, 4.69) is 0 Å². The summed E-state index contributed by atoms with van der Waals surface area (Å²) in [5.74, 6) is 0. The first kappa shape index (κ1) is 16.3. The zero-order chi connectivity index (χ0) is 14.8. The molecule has 20 heavy (non-hydrogen) atoms. The lowest BCUT2D eigenvalue weighted by Crippen LogP contribution is -2.11. The van der Waals surface area contributed by atoms with Crippen LogP contribution in [-0.2, 0) is 9.47 Å². The van der Waals surface area contributed by atoms with Crippen molar-refractivity contribution >= 4 is 17.1 Å². The van der Waals surface area contributed by atoms with Crippen molar-refractivity contribution in [3.63, 3.8) is 0 Å². The lowest BCUT2D eigenvalue weighted by atomic mass is 10.1. The minimum Gasteiger partial charge on any atom is -0.353 e. The minimum atomic E-state index is -0.0370. The molecule has 2 rings (SSSR count). The number of rotatable bonds is 5. The second kappa shape index (κ2) is 9.23. The second-order valence-electron chi connectivity index (χ2n) is 4.20. The summed E-state index contributed by atoms with van der Waals surface area (Å²) in [7, 11) is 0. The van der Waals surface area contributed by atoms with E-state index in [1.165, 1.54) is 5.39 Å². The van der Waals surface area contributed by atoms with Gasteiger partial charge in [-0.3, -0.25) is 4.79 Å². The van der Waals surface area contributed by atoms with E-state index in [0.717, 1.165) is 30.4 Å². The van der Waals surface area contributed by atoms with Crippen molar-refractivity contribution in [1.82, 2.24) is 0 Å². The van der Waals surface area contributed by atoms with Gasteiger partial charge in [0.25, 0.3) is 0 Å². The normalized spacial score (nSPS) is 10.2. The minimum absolute atomic E-state index is 0.0370. The molecule has 0 spiro atoms. The third kappa shape index (κ3) is 5.51. The third-order valence-electron chi connectivity index (χ3n) is 2.71. The highest BCUT2D eigenvalue weighted by atomic mass is 16.7. The summed E-state index contributed by atoms with van der Waals surface area (Å²) in [6.45, 7) is 7.25. The smallest absolute Gasteiger partial charge is 0.154 e. The van der Waals surface area contributed by atoms with E-state index in [1.807, 2.05) is 63.2 Å². The molecule has 108 valence electrons. The van der Waals surface area contributed by atoms with Gasteiger partial charge in [-0.15, -0.1) is 0 Å². The summed E-state index contributed by atoms with van der Waals surface area (Å²) < 4.78 is 10.1. The van der Waals surface area contributed by atoms with Crippen molar-refractivity contribution in [2.45, 2.75) is 27.1 Å². The van der Waals surface area contributed by atoms with Crippen LogP contribution in [0.15, 0.2) is 42.5 Å². The van der Waals surface area contributed by atoms with Gasteiger partial charge in [-0.1, -0.05) is 36.4 Å². The highest BCUT2D eigenvalue weighted by Crippen LogP contribution is 2.14. The Morgan fingerprint density at radius 2 is 1.60 bits per heavy atom. The number of carbonyl (C=O) groups is 1. The van der Waals surface area contributed by atoms with E-state index in [4.69, 9.17) is 9.47 Å². The lowest BCUT2D eigenvalue weighted by molar-refractivity contribution is -0.123. The topological polar surface area (TPSA) is 35.5 Å². The lowest BCUT2D eigenvalue weighted by Gasteiger charge is -2.09. The number of hydrogen-bond acceptors (Lipinski definition) is 3. The predicted molar refractivity (Wildman–Crippen MR) is 82.0 cm³/mol. The van der Waals surface area contributed by atoms with Crippen molar-refractivity contribution in [1.29, 1.82) is 0 Å². The molecule has 0 saturated carbocycles. The maximum absolute atomic E-state index is 10.5. The Labute approximate surface area is 120 Å². The van der Waals surface area contributed by atoms with Crippen molar-refractivity contribution in [2.75, 3.05) is 13.2 Å². The van der Waals surface area contributed by atoms with Gasteiger partial charge in [-0.05, 0) is 37.6 Å². The van der Waals surface area contributed by atoms with Crippen molar-refractivity contribution < 1.29 is 14.3 Å². The number of aldehydes is 1. The Bertz CT molecular complexity index is 516. The van der Waals surface area contributed by atoms with Crippen molar-refractivity contribution in [2.24, 2.45) is 0 Å². The Morgan fingerprint density at radius 3 is 2.15 bits per heavy atom. The monoisotopic (exact) mass is 274 g/mol. The fraction of sp³-hybridized carbons (Fsp3) is 0.353. The van der Waals surface area contributed by atoms with Crippen molar-refractivity contribution in [3.05, 3.63) is 48.0 Å². The Morgan fingerprint density at radius 1 is 1.00 bits per heavy atom. The van der Waals surface area contributed by atoms with E-state index in [9.17, 15) is 4.79 Å². The average molecular weight is 274 g/mol. The Hall–Kier alpha value is -1.71. The Balaban J connectivity index is 0.000000221. The quantitative estimate of drug-likeness (QED) is 0.609. The second-order valence-corrected chi connectivity index (χ2v) is 4.20. The molecule has 0 aliphatic carbocycles. The molecule has 0 N–H and O–H groups in total. The van der Waals surface area contributed by atoms with Gasteiger partial charge in [0.1, 0.15) is 6.29 Å². The van der Waals surface area contributed by atoms with Gasteiger partial charge in [-0.2, -0.15) is 0 Å². The Kier molecular flexibility index (Phi) is 7.55.